The molecule has 0 N–H and O–H groups in total. The lowest BCUT2D eigenvalue weighted by molar-refractivity contribution is 0.927. The molecule has 0 saturated heterocycles. The minimum atomic E-state index is 0.857. The van der Waals surface area contributed by atoms with Gasteiger partial charge < -0.3 is 0 Å². The van der Waals surface area contributed by atoms with Crippen molar-refractivity contribution in [2.45, 2.75) is 0 Å². The Kier molecular flexibility index (Phi) is 3.91. The van der Waals surface area contributed by atoms with Crippen molar-refractivity contribution in [2.75, 3.05) is 0 Å². The van der Waals surface area contributed by atoms with E-state index in [1.54, 1.807) is 0 Å². The van der Waals surface area contributed by atoms with E-state index in [1.165, 1.54) is 10.8 Å². The third kappa shape index (κ3) is 2.64. The van der Waals surface area contributed by atoms with Gasteiger partial charge in [-0.25, -0.2) is 9.97 Å². The second-order valence-corrected chi connectivity index (χ2v) is 9.14. The summed E-state index contributed by atoms with van der Waals surface area (Å²) in [7, 11) is 0. The van der Waals surface area contributed by atoms with E-state index in [1.807, 2.05) is 6.07 Å². The van der Waals surface area contributed by atoms with Crippen LogP contribution in [0.2, 0.25) is 0 Å². The van der Waals surface area contributed by atoms with Gasteiger partial charge in [-0.15, -0.1) is 0 Å². The number of fused-ring (bicyclic) bond motifs is 8. The molecule has 5 aromatic carbocycles. The molecule has 2 aliphatic rings. The summed E-state index contributed by atoms with van der Waals surface area (Å²) < 4.78 is 4.52. The van der Waals surface area contributed by atoms with Gasteiger partial charge in [0, 0.05) is 33.6 Å². The van der Waals surface area contributed by atoms with Gasteiger partial charge in [0.1, 0.15) is 0 Å². The monoisotopic (exact) mass is 460 g/mol. The van der Waals surface area contributed by atoms with Crippen LogP contribution in [0.3, 0.4) is 0 Å². The van der Waals surface area contributed by atoms with Crippen LogP contribution in [0.4, 0.5) is 0 Å². The lowest BCUT2D eigenvalue weighted by Gasteiger charge is -2.17. The smallest absolute Gasteiger partial charge is 0.220 e. The van der Waals surface area contributed by atoms with E-state index in [9.17, 15) is 0 Å². The lowest BCUT2D eigenvalue weighted by atomic mass is 10.1. The average Bonchev–Trinajstić information content (AvgIpc) is 3.52. The molecule has 0 aliphatic carbocycles. The fourth-order valence-corrected chi connectivity index (χ4v) is 5.50. The molecule has 0 fully saturated rings. The number of pyridine rings is 1. The van der Waals surface area contributed by atoms with Crippen molar-refractivity contribution in [1.29, 1.82) is 0 Å². The summed E-state index contributed by atoms with van der Waals surface area (Å²) in [6.45, 7) is 0. The van der Waals surface area contributed by atoms with Crippen LogP contribution < -0.4 is 0 Å². The maximum Gasteiger partial charge on any atom is 0.220 e. The normalized spacial score (nSPS) is 11.9. The van der Waals surface area contributed by atoms with Crippen molar-refractivity contribution in [3.05, 3.63) is 121 Å². The Bertz CT molecular complexity index is 2050. The summed E-state index contributed by atoms with van der Waals surface area (Å²) in [6, 6.07) is 40.1. The van der Waals surface area contributed by atoms with Crippen LogP contribution >= 0.6 is 0 Å². The van der Waals surface area contributed by atoms with Gasteiger partial charge in [-0.05, 0) is 35.7 Å². The van der Waals surface area contributed by atoms with Crippen LogP contribution in [0.5, 0.6) is 0 Å². The fourth-order valence-electron chi connectivity index (χ4n) is 5.50. The Morgan fingerprint density at radius 2 is 1.25 bits per heavy atom. The molecule has 0 amide bonds. The zero-order chi connectivity index (χ0) is 23.6. The van der Waals surface area contributed by atoms with Gasteiger partial charge in [0.15, 0.2) is 0 Å². The number of para-hydroxylation sites is 3. The maximum absolute atomic E-state index is 5.24. The molecule has 168 valence electrons. The molecule has 4 nitrogen and oxygen atoms in total. The van der Waals surface area contributed by atoms with Gasteiger partial charge in [0.05, 0.1) is 27.8 Å². The summed E-state index contributed by atoms with van der Waals surface area (Å²) in [4.78, 5) is 10.2. The molecule has 0 bridgehead atoms. The van der Waals surface area contributed by atoms with E-state index in [0.717, 1.165) is 55.7 Å². The zero-order valence-corrected chi connectivity index (χ0v) is 19.3. The number of hydrogen-bond donors (Lipinski definition) is 0. The van der Waals surface area contributed by atoms with Crippen LogP contribution in [0.15, 0.2) is 121 Å². The predicted molar refractivity (Wildman–Crippen MR) is 147 cm³/mol. The molecule has 1 aromatic heterocycles. The largest absolute Gasteiger partial charge is 0.286 e. The average molecular weight is 461 g/mol. The van der Waals surface area contributed by atoms with E-state index in [0.29, 0.717) is 0 Å². The second kappa shape index (κ2) is 7.27. The highest BCUT2D eigenvalue weighted by atomic mass is 15.2. The van der Waals surface area contributed by atoms with Gasteiger partial charge in [-0.1, -0.05) is 84.9 Å². The third-order valence-electron chi connectivity index (χ3n) is 7.11. The van der Waals surface area contributed by atoms with Crippen LogP contribution in [0.25, 0.3) is 66.5 Å². The lowest BCUT2D eigenvalue weighted by Crippen LogP contribution is -2.08. The maximum atomic E-state index is 5.24. The first kappa shape index (κ1) is 19.4. The summed E-state index contributed by atoms with van der Waals surface area (Å²) >= 11 is 0. The summed E-state index contributed by atoms with van der Waals surface area (Å²) in [5.41, 5.74) is 7.39. The first-order valence-corrected chi connectivity index (χ1v) is 12.1. The SMILES string of the molecule is c1ccc(-n2c(-n3cc4c5ccccc5nc-4c4ccccc43)nc3ccc4ccccc4c32)cc1. The number of imidazole rings is 1. The standard InChI is InChI=1S/C32H20N4/c1-2-11-22(12-3-1)36-31-23-13-5-4-10-21(23)18-19-28(31)34-32(36)35-20-26-24-14-6-8-16-27(24)33-30(26)25-15-7-9-17-29(25)35/h1-20H. The van der Waals surface area contributed by atoms with Crippen LogP contribution in [-0.4, -0.2) is 19.1 Å². The Morgan fingerprint density at radius 3 is 2.14 bits per heavy atom. The molecule has 3 heterocycles. The van der Waals surface area contributed by atoms with E-state index >= 15 is 0 Å². The Balaban J connectivity index is 1.58. The van der Waals surface area contributed by atoms with Gasteiger partial charge >= 0.3 is 0 Å². The number of hydrogen-bond acceptors (Lipinski definition) is 2. The summed E-state index contributed by atoms with van der Waals surface area (Å²) in [5.74, 6) is 0.857. The molecule has 0 radical (unpaired) electrons. The molecule has 6 aromatic rings. The minimum absolute atomic E-state index is 0.857. The number of aromatic nitrogens is 4. The van der Waals surface area contributed by atoms with Crippen molar-refractivity contribution in [3.8, 4) is 22.9 Å². The second-order valence-electron chi connectivity index (χ2n) is 9.14. The molecular weight excluding hydrogens is 440 g/mol. The van der Waals surface area contributed by atoms with E-state index in [-0.39, 0.29) is 0 Å². The molecular formula is C32H20N4. The minimum Gasteiger partial charge on any atom is -0.286 e. The molecule has 0 atom stereocenters. The van der Waals surface area contributed by atoms with Crippen molar-refractivity contribution >= 4 is 43.6 Å². The summed E-state index contributed by atoms with van der Waals surface area (Å²) in [6.07, 6.45) is 2.20. The number of rotatable bonds is 2. The first-order valence-electron chi connectivity index (χ1n) is 12.1. The van der Waals surface area contributed by atoms with Crippen LogP contribution in [0, 0.1) is 0 Å². The Labute approximate surface area is 207 Å². The highest BCUT2D eigenvalue weighted by molar-refractivity contribution is 6.08. The van der Waals surface area contributed by atoms with Crippen molar-refractivity contribution in [3.63, 3.8) is 0 Å². The van der Waals surface area contributed by atoms with Gasteiger partial charge in [0.25, 0.3) is 0 Å². The zero-order valence-electron chi connectivity index (χ0n) is 19.3. The topological polar surface area (TPSA) is 35.6 Å². The van der Waals surface area contributed by atoms with Crippen LogP contribution in [-0.2, 0) is 0 Å². The molecule has 0 unspecified atom stereocenters. The Hall–Kier alpha value is -4.96. The van der Waals surface area contributed by atoms with Gasteiger partial charge in [0.2, 0.25) is 5.95 Å². The predicted octanol–water partition coefficient (Wildman–Crippen LogP) is 7.78. The number of nitrogens with zero attached hydrogens (tertiary/aromatic N) is 4. The quantitative estimate of drug-likeness (QED) is 0.264. The van der Waals surface area contributed by atoms with Gasteiger partial charge in [-0.2, -0.15) is 0 Å². The van der Waals surface area contributed by atoms with Crippen molar-refractivity contribution in [2.24, 2.45) is 0 Å². The molecule has 0 saturated carbocycles. The van der Waals surface area contributed by atoms with Crippen molar-refractivity contribution in [1.82, 2.24) is 19.1 Å². The third-order valence-corrected chi connectivity index (χ3v) is 7.11. The number of benzene rings is 5. The highest BCUT2D eigenvalue weighted by Crippen LogP contribution is 2.39. The molecule has 4 heteroatoms. The molecule has 36 heavy (non-hydrogen) atoms. The molecule has 0 spiro atoms. The molecule has 8 rings (SSSR count). The van der Waals surface area contributed by atoms with Crippen LogP contribution in [0.1, 0.15) is 0 Å². The Morgan fingerprint density at radius 1 is 0.528 bits per heavy atom. The highest BCUT2D eigenvalue weighted by Gasteiger charge is 2.22. The summed E-state index contributed by atoms with van der Waals surface area (Å²) in [5, 5.41) is 4.65. The molecule has 2 aliphatic heterocycles. The van der Waals surface area contributed by atoms with Crippen molar-refractivity contribution < 1.29 is 0 Å². The first-order chi connectivity index (χ1) is 17.9. The van der Waals surface area contributed by atoms with Gasteiger partial charge in [-0.3, -0.25) is 9.13 Å². The van der Waals surface area contributed by atoms with E-state index in [2.05, 4.69) is 125 Å². The van der Waals surface area contributed by atoms with E-state index < -0.39 is 0 Å². The van der Waals surface area contributed by atoms with E-state index in [4.69, 9.17) is 9.97 Å². The fraction of sp³-hybridized carbons (Fsp3) is 0.